The number of alkyl carbamates (subject to hydrolysis) is 1. The molecule has 3 rings (SSSR count). The van der Waals surface area contributed by atoms with Gasteiger partial charge in [0.05, 0.1) is 5.69 Å². The summed E-state index contributed by atoms with van der Waals surface area (Å²) in [6.45, 7) is 10.9. The minimum Gasteiger partial charge on any atom is -0.444 e. The Balaban J connectivity index is 1.88. The highest BCUT2D eigenvalue weighted by molar-refractivity contribution is 6.01. The molecule has 194 valence electrons. The van der Waals surface area contributed by atoms with Gasteiger partial charge in [0, 0.05) is 25.7 Å². The van der Waals surface area contributed by atoms with Crippen molar-refractivity contribution >= 4 is 29.5 Å². The molecule has 0 bridgehead atoms. The molecule has 1 heterocycles. The van der Waals surface area contributed by atoms with Crippen molar-refractivity contribution < 1.29 is 28.7 Å². The van der Waals surface area contributed by atoms with Crippen molar-refractivity contribution in [3.63, 3.8) is 0 Å². The Morgan fingerprint density at radius 1 is 1.00 bits per heavy atom. The molecule has 1 aliphatic rings. The SMILES string of the molecule is CN(Cc1ccc2c(c1)C[C@H](NC(=O)OC(C)(C)C)C(=O)N2OC(=O)OC(C)(C)C)c1ccccc1. The lowest BCUT2D eigenvalue weighted by molar-refractivity contribution is -0.128. The van der Waals surface area contributed by atoms with E-state index in [4.69, 9.17) is 14.3 Å². The number of ether oxygens (including phenoxy) is 2. The third-order valence-electron chi connectivity index (χ3n) is 5.15. The predicted molar refractivity (Wildman–Crippen MR) is 137 cm³/mol. The van der Waals surface area contributed by atoms with Crippen LogP contribution in [-0.2, 0) is 32.1 Å². The van der Waals surface area contributed by atoms with Gasteiger partial charge in [-0.2, -0.15) is 0 Å². The minimum absolute atomic E-state index is 0.213. The lowest BCUT2D eigenvalue weighted by atomic mass is 9.96. The second-order valence-corrected chi connectivity index (χ2v) is 10.7. The molecule has 0 aromatic heterocycles. The zero-order chi connectivity index (χ0) is 26.7. The number of anilines is 2. The number of hydroxylamine groups is 1. The normalized spacial score (nSPS) is 15.6. The smallest absolute Gasteiger partial charge is 0.444 e. The van der Waals surface area contributed by atoms with Gasteiger partial charge in [-0.3, -0.25) is 9.63 Å². The number of para-hydroxylation sites is 1. The summed E-state index contributed by atoms with van der Waals surface area (Å²) in [5.74, 6) is -0.603. The van der Waals surface area contributed by atoms with Gasteiger partial charge in [0.15, 0.2) is 0 Å². The van der Waals surface area contributed by atoms with Gasteiger partial charge in [0.2, 0.25) is 0 Å². The van der Waals surface area contributed by atoms with E-state index in [1.165, 1.54) is 0 Å². The molecule has 2 aromatic rings. The summed E-state index contributed by atoms with van der Waals surface area (Å²) in [5, 5.41) is 3.50. The molecule has 0 saturated carbocycles. The molecule has 9 heteroatoms. The van der Waals surface area contributed by atoms with E-state index >= 15 is 0 Å². The van der Waals surface area contributed by atoms with Gasteiger partial charge in [0.25, 0.3) is 5.91 Å². The molecule has 0 saturated heterocycles. The second-order valence-electron chi connectivity index (χ2n) is 10.7. The molecule has 0 fully saturated rings. The molecule has 9 nitrogen and oxygen atoms in total. The first-order valence-corrected chi connectivity index (χ1v) is 11.8. The Kier molecular flexibility index (Phi) is 7.81. The van der Waals surface area contributed by atoms with Crippen molar-refractivity contribution in [1.29, 1.82) is 0 Å². The first kappa shape index (κ1) is 26.8. The number of hydrogen-bond donors (Lipinski definition) is 1. The lowest BCUT2D eigenvalue weighted by Crippen LogP contribution is -2.54. The van der Waals surface area contributed by atoms with Gasteiger partial charge >= 0.3 is 12.2 Å². The standard InChI is InChI=1S/C27H35N3O6/c1-26(2,3)34-24(32)28-21-16-19-15-18(17-29(7)20-11-9-8-10-12-20)13-14-22(19)30(23(21)31)36-25(33)35-27(4,5)6/h8-15,21H,16-17H2,1-7H3,(H,28,32)/t21-/m0/s1. The van der Waals surface area contributed by atoms with Crippen LogP contribution in [0.5, 0.6) is 0 Å². The van der Waals surface area contributed by atoms with Crippen LogP contribution in [0.4, 0.5) is 21.0 Å². The van der Waals surface area contributed by atoms with E-state index < -0.39 is 35.4 Å². The van der Waals surface area contributed by atoms with Crippen LogP contribution in [0.15, 0.2) is 48.5 Å². The molecule has 0 radical (unpaired) electrons. The summed E-state index contributed by atoms with van der Waals surface area (Å²) < 4.78 is 10.6. The Labute approximate surface area is 212 Å². The molecule has 1 aliphatic heterocycles. The van der Waals surface area contributed by atoms with E-state index in [-0.39, 0.29) is 6.42 Å². The number of amides is 2. The van der Waals surface area contributed by atoms with Crippen molar-refractivity contribution in [3.05, 3.63) is 59.7 Å². The molecule has 1 atom stereocenters. The zero-order valence-corrected chi connectivity index (χ0v) is 22.0. The monoisotopic (exact) mass is 497 g/mol. The average molecular weight is 498 g/mol. The Bertz CT molecular complexity index is 1100. The van der Waals surface area contributed by atoms with Crippen LogP contribution in [0.1, 0.15) is 52.7 Å². The molecular weight excluding hydrogens is 462 g/mol. The van der Waals surface area contributed by atoms with Crippen LogP contribution in [0.3, 0.4) is 0 Å². The van der Waals surface area contributed by atoms with Crippen molar-refractivity contribution in [1.82, 2.24) is 5.32 Å². The Morgan fingerprint density at radius 2 is 1.64 bits per heavy atom. The number of benzene rings is 2. The number of fused-ring (bicyclic) bond motifs is 1. The molecular formula is C27H35N3O6. The number of hydrogen-bond acceptors (Lipinski definition) is 7. The molecule has 2 amide bonds. The molecule has 36 heavy (non-hydrogen) atoms. The van der Waals surface area contributed by atoms with Gasteiger partial charge in [-0.1, -0.05) is 30.3 Å². The third-order valence-corrected chi connectivity index (χ3v) is 5.15. The van der Waals surface area contributed by atoms with E-state index in [1.54, 1.807) is 47.6 Å². The second kappa shape index (κ2) is 10.5. The highest BCUT2D eigenvalue weighted by Crippen LogP contribution is 2.31. The summed E-state index contributed by atoms with van der Waals surface area (Å²) in [4.78, 5) is 45.5. The highest BCUT2D eigenvalue weighted by Gasteiger charge is 2.38. The fraction of sp³-hybridized carbons (Fsp3) is 0.444. The van der Waals surface area contributed by atoms with E-state index in [1.807, 2.05) is 49.5 Å². The highest BCUT2D eigenvalue weighted by atomic mass is 16.8. The van der Waals surface area contributed by atoms with Crippen molar-refractivity contribution in [2.75, 3.05) is 17.0 Å². The molecule has 1 N–H and O–H groups in total. The van der Waals surface area contributed by atoms with Crippen molar-refractivity contribution in [3.8, 4) is 0 Å². The number of nitrogens with zero attached hydrogens (tertiary/aromatic N) is 2. The Morgan fingerprint density at radius 3 is 2.25 bits per heavy atom. The number of carbonyl (C=O) groups excluding carboxylic acids is 3. The zero-order valence-electron chi connectivity index (χ0n) is 22.0. The Hall–Kier alpha value is -3.75. The van der Waals surface area contributed by atoms with Gasteiger partial charge in [-0.15, -0.1) is 5.06 Å². The van der Waals surface area contributed by atoms with Crippen molar-refractivity contribution in [2.24, 2.45) is 0 Å². The van der Waals surface area contributed by atoms with Gasteiger partial charge in [0.1, 0.15) is 17.2 Å². The van der Waals surface area contributed by atoms with Crippen molar-refractivity contribution in [2.45, 2.75) is 71.8 Å². The molecule has 0 unspecified atom stereocenters. The topological polar surface area (TPSA) is 97.4 Å². The first-order chi connectivity index (χ1) is 16.7. The maximum absolute atomic E-state index is 13.3. The molecule has 0 spiro atoms. The fourth-order valence-electron chi connectivity index (χ4n) is 3.71. The number of rotatable bonds is 5. The summed E-state index contributed by atoms with van der Waals surface area (Å²) in [6.07, 6.45) is -1.54. The number of nitrogens with one attached hydrogen (secondary N) is 1. The van der Waals surface area contributed by atoms with E-state index in [2.05, 4.69) is 10.2 Å². The summed E-state index contributed by atoms with van der Waals surface area (Å²) in [6, 6.07) is 14.5. The molecule has 0 aliphatic carbocycles. The maximum Gasteiger partial charge on any atom is 0.534 e. The fourth-order valence-corrected chi connectivity index (χ4v) is 3.71. The predicted octanol–water partition coefficient (Wildman–Crippen LogP) is 4.97. The summed E-state index contributed by atoms with van der Waals surface area (Å²) in [7, 11) is 1.99. The van der Waals surface area contributed by atoms with Gasteiger partial charge in [-0.05, 0) is 70.9 Å². The van der Waals surface area contributed by atoms with Crippen LogP contribution >= 0.6 is 0 Å². The van der Waals surface area contributed by atoms with Gasteiger partial charge < -0.3 is 19.7 Å². The summed E-state index contributed by atoms with van der Waals surface area (Å²) in [5.41, 5.74) is 1.66. The minimum atomic E-state index is -1.02. The van der Waals surface area contributed by atoms with Crippen LogP contribution < -0.4 is 15.3 Å². The van der Waals surface area contributed by atoms with Gasteiger partial charge in [-0.25, -0.2) is 9.59 Å². The van der Waals surface area contributed by atoms with E-state index in [0.717, 1.165) is 21.9 Å². The maximum atomic E-state index is 13.3. The van der Waals surface area contributed by atoms with E-state index in [9.17, 15) is 14.4 Å². The first-order valence-electron chi connectivity index (χ1n) is 11.8. The van der Waals surface area contributed by atoms with Crippen LogP contribution in [0.2, 0.25) is 0 Å². The van der Waals surface area contributed by atoms with E-state index in [0.29, 0.717) is 12.2 Å². The lowest BCUT2D eigenvalue weighted by Gasteiger charge is -2.33. The van der Waals surface area contributed by atoms with Crippen LogP contribution in [-0.4, -0.2) is 42.4 Å². The summed E-state index contributed by atoms with van der Waals surface area (Å²) >= 11 is 0. The quantitative estimate of drug-likeness (QED) is 0.583. The third kappa shape index (κ3) is 7.37. The average Bonchev–Trinajstić information content (AvgIpc) is 2.74. The number of carbonyl (C=O) groups is 3. The van der Waals surface area contributed by atoms with Crippen LogP contribution in [0, 0.1) is 0 Å². The molecule has 2 aromatic carbocycles. The largest absolute Gasteiger partial charge is 0.534 e. The van der Waals surface area contributed by atoms with Crippen LogP contribution in [0.25, 0.3) is 0 Å².